The summed E-state index contributed by atoms with van der Waals surface area (Å²) in [6.07, 6.45) is 5.17. The Morgan fingerprint density at radius 3 is 2.44 bits per heavy atom. The van der Waals surface area contributed by atoms with E-state index in [0.29, 0.717) is 4.99 Å². The van der Waals surface area contributed by atoms with Crippen molar-refractivity contribution in [3.63, 3.8) is 0 Å². The summed E-state index contributed by atoms with van der Waals surface area (Å²) in [5.41, 5.74) is 5.76. The van der Waals surface area contributed by atoms with E-state index in [0.717, 1.165) is 18.9 Å². The van der Waals surface area contributed by atoms with E-state index in [1.54, 1.807) is 0 Å². The molecule has 0 heterocycles. The molecule has 0 radical (unpaired) electrons. The number of rotatable bonds is 8. The van der Waals surface area contributed by atoms with E-state index >= 15 is 0 Å². The average molecular weight is 242 g/mol. The SMILES string of the molecule is CCCN(CCC(C)(C)C(N)=S)CC1CC1. The van der Waals surface area contributed by atoms with Crippen LogP contribution in [0.25, 0.3) is 0 Å². The molecule has 1 fully saturated rings. The Bertz CT molecular complexity index is 234. The summed E-state index contributed by atoms with van der Waals surface area (Å²) in [6.45, 7) is 10.2. The predicted molar refractivity (Wildman–Crippen MR) is 74.6 cm³/mol. The van der Waals surface area contributed by atoms with Crippen LogP contribution in [0.15, 0.2) is 0 Å². The number of hydrogen-bond donors (Lipinski definition) is 1. The normalized spacial score (nSPS) is 16.8. The van der Waals surface area contributed by atoms with E-state index in [2.05, 4.69) is 25.7 Å². The first kappa shape index (κ1) is 13.9. The van der Waals surface area contributed by atoms with Gasteiger partial charge in [0, 0.05) is 12.0 Å². The van der Waals surface area contributed by atoms with E-state index in [9.17, 15) is 0 Å². The van der Waals surface area contributed by atoms with Gasteiger partial charge in [0.25, 0.3) is 0 Å². The van der Waals surface area contributed by atoms with Crippen LogP contribution in [0.5, 0.6) is 0 Å². The Morgan fingerprint density at radius 1 is 1.38 bits per heavy atom. The molecule has 94 valence electrons. The van der Waals surface area contributed by atoms with Crippen LogP contribution >= 0.6 is 12.2 Å². The Morgan fingerprint density at radius 2 is 2.00 bits per heavy atom. The second-order valence-corrected chi connectivity index (χ2v) is 6.18. The molecular formula is C13H26N2S. The van der Waals surface area contributed by atoms with E-state index in [1.165, 1.54) is 32.4 Å². The summed E-state index contributed by atoms with van der Waals surface area (Å²) >= 11 is 5.11. The Hall–Kier alpha value is -0.150. The summed E-state index contributed by atoms with van der Waals surface area (Å²) in [6, 6.07) is 0. The minimum absolute atomic E-state index is 0.00484. The number of nitrogens with two attached hydrogens (primary N) is 1. The van der Waals surface area contributed by atoms with Gasteiger partial charge >= 0.3 is 0 Å². The average Bonchev–Trinajstić information content (AvgIpc) is 2.98. The topological polar surface area (TPSA) is 29.3 Å². The minimum Gasteiger partial charge on any atom is -0.393 e. The fourth-order valence-corrected chi connectivity index (χ4v) is 1.94. The molecule has 16 heavy (non-hydrogen) atoms. The van der Waals surface area contributed by atoms with E-state index in [4.69, 9.17) is 18.0 Å². The standard InChI is InChI=1S/C13H26N2S/c1-4-8-15(10-11-5-6-11)9-7-13(2,3)12(14)16/h11H,4-10H2,1-3H3,(H2,14,16). The molecule has 1 saturated carbocycles. The van der Waals surface area contributed by atoms with Crippen molar-refractivity contribution in [2.24, 2.45) is 17.1 Å². The van der Waals surface area contributed by atoms with Crippen molar-refractivity contribution < 1.29 is 0 Å². The highest BCUT2D eigenvalue weighted by atomic mass is 32.1. The zero-order valence-corrected chi connectivity index (χ0v) is 11.8. The molecule has 0 spiro atoms. The lowest BCUT2D eigenvalue weighted by atomic mass is 9.89. The Kier molecular flexibility index (Phi) is 5.19. The highest BCUT2D eigenvalue weighted by molar-refractivity contribution is 7.80. The first-order valence-electron chi connectivity index (χ1n) is 6.48. The lowest BCUT2D eigenvalue weighted by Crippen LogP contribution is -2.36. The molecule has 1 rings (SSSR count). The summed E-state index contributed by atoms with van der Waals surface area (Å²) in [5.74, 6) is 0.972. The molecule has 0 saturated heterocycles. The second-order valence-electron chi connectivity index (χ2n) is 5.74. The van der Waals surface area contributed by atoms with Gasteiger partial charge in [-0.1, -0.05) is 33.0 Å². The maximum absolute atomic E-state index is 5.76. The van der Waals surface area contributed by atoms with Crippen LogP contribution in [0.2, 0.25) is 0 Å². The molecule has 2 nitrogen and oxygen atoms in total. The van der Waals surface area contributed by atoms with Crippen molar-refractivity contribution in [2.75, 3.05) is 19.6 Å². The molecule has 0 aromatic carbocycles. The van der Waals surface area contributed by atoms with Crippen LogP contribution in [0.3, 0.4) is 0 Å². The van der Waals surface area contributed by atoms with Crippen molar-refractivity contribution in [3.05, 3.63) is 0 Å². The van der Waals surface area contributed by atoms with Gasteiger partial charge < -0.3 is 10.6 Å². The first-order chi connectivity index (χ1) is 7.45. The number of hydrogen-bond acceptors (Lipinski definition) is 2. The van der Waals surface area contributed by atoms with Crippen molar-refractivity contribution in [1.82, 2.24) is 4.90 Å². The third-order valence-corrected chi connectivity index (χ3v) is 4.03. The third-order valence-electron chi connectivity index (χ3n) is 3.47. The molecule has 0 aliphatic heterocycles. The number of nitrogens with zero attached hydrogens (tertiary/aromatic N) is 1. The third kappa shape index (κ3) is 4.79. The van der Waals surface area contributed by atoms with Crippen LogP contribution in [0.1, 0.15) is 46.5 Å². The predicted octanol–water partition coefficient (Wildman–Crippen LogP) is 2.81. The zero-order chi connectivity index (χ0) is 12.2. The molecule has 0 unspecified atom stereocenters. The maximum atomic E-state index is 5.76. The molecule has 0 atom stereocenters. The fourth-order valence-electron chi connectivity index (χ4n) is 1.84. The van der Waals surface area contributed by atoms with Gasteiger partial charge in [-0.05, 0) is 44.7 Å². The molecule has 3 heteroatoms. The van der Waals surface area contributed by atoms with Crippen molar-refractivity contribution in [2.45, 2.75) is 46.5 Å². The smallest absolute Gasteiger partial charge is 0.0784 e. The van der Waals surface area contributed by atoms with Crippen LogP contribution < -0.4 is 5.73 Å². The lowest BCUT2D eigenvalue weighted by molar-refractivity contribution is 0.237. The Labute approximate surface area is 106 Å². The van der Waals surface area contributed by atoms with E-state index in [1.807, 2.05) is 0 Å². The highest BCUT2D eigenvalue weighted by Crippen LogP contribution is 2.30. The van der Waals surface area contributed by atoms with Gasteiger partial charge in [-0.3, -0.25) is 0 Å². The van der Waals surface area contributed by atoms with Gasteiger partial charge in [0.15, 0.2) is 0 Å². The molecular weight excluding hydrogens is 216 g/mol. The largest absolute Gasteiger partial charge is 0.393 e. The molecule has 0 aromatic heterocycles. The molecule has 1 aliphatic rings. The fraction of sp³-hybridized carbons (Fsp3) is 0.923. The van der Waals surface area contributed by atoms with Crippen molar-refractivity contribution >= 4 is 17.2 Å². The summed E-state index contributed by atoms with van der Waals surface area (Å²) in [5, 5.41) is 0. The van der Waals surface area contributed by atoms with E-state index < -0.39 is 0 Å². The van der Waals surface area contributed by atoms with Gasteiger partial charge in [-0.25, -0.2) is 0 Å². The van der Waals surface area contributed by atoms with Crippen molar-refractivity contribution in [1.29, 1.82) is 0 Å². The van der Waals surface area contributed by atoms with Crippen LogP contribution in [-0.2, 0) is 0 Å². The lowest BCUT2D eigenvalue weighted by Gasteiger charge is -2.28. The quantitative estimate of drug-likeness (QED) is 0.664. The van der Waals surface area contributed by atoms with Crippen LogP contribution in [0.4, 0.5) is 0 Å². The van der Waals surface area contributed by atoms with Gasteiger partial charge in [0.2, 0.25) is 0 Å². The van der Waals surface area contributed by atoms with Crippen LogP contribution in [0, 0.1) is 11.3 Å². The monoisotopic (exact) mass is 242 g/mol. The molecule has 0 amide bonds. The highest BCUT2D eigenvalue weighted by Gasteiger charge is 2.26. The summed E-state index contributed by atoms with van der Waals surface area (Å²) in [4.78, 5) is 3.23. The summed E-state index contributed by atoms with van der Waals surface area (Å²) < 4.78 is 0. The van der Waals surface area contributed by atoms with Gasteiger partial charge in [-0.15, -0.1) is 0 Å². The summed E-state index contributed by atoms with van der Waals surface area (Å²) in [7, 11) is 0. The first-order valence-corrected chi connectivity index (χ1v) is 6.89. The second kappa shape index (κ2) is 5.97. The Balaban J connectivity index is 2.32. The van der Waals surface area contributed by atoms with Gasteiger partial charge in [0.05, 0.1) is 4.99 Å². The minimum atomic E-state index is 0.00484. The van der Waals surface area contributed by atoms with Gasteiger partial charge in [0.1, 0.15) is 0 Å². The van der Waals surface area contributed by atoms with Gasteiger partial charge in [-0.2, -0.15) is 0 Å². The molecule has 2 N–H and O–H groups in total. The zero-order valence-electron chi connectivity index (χ0n) is 11.0. The molecule has 0 bridgehead atoms. The van der Waals surface area contributed by atoms with E-state index in [-0.39, 0.29) is 5.41 Å². The number of thiocarbonyl (C=S) groups is 1. The molecule has 0 aromatic rings. The molecule has 1 aliphatic carbocycles. The maximum Gasteiger partial charge on any atom is 0.0784 e. The van der Waals surface area contributed by atoms with Crippen molar-refractivity contribution in [3.8, 4) is 0 Å². The van der Waals surface area contributed by atoms with Crippen LogP contribution in [-0.4, -0.2) is 29.5 Å².